The van der Waals surface area contributed by atoms with E-state index in [2.05, 4.69) is 4.98 Å². The molecule has 0 spiro atoms. The maximum Gasteiger partial charge on any atom is 0.346 e. The monoisotopic (exact) mass is 387 g/mol. The zero-order valence-corrected chi connectivity index (χ0v) is 14.8. The van der Waals surface area contributed by atoms with Crippen molar-refractivity contribution in [3.63, 3.8) is 0 Å². The van der Waals surface area contributed by atoms with E-state index in [9.17, 15) is 13.0 Å². The topological polar surface area (TPSA) is 134 Å². The first-order valence-electron chi connectivity index (χ1n) is 7.35. The van der Waals surface area contributed by atoms with Crippen LogP contribution in [0.4, 0.5) is 0 Å². The van der Waals surface area contributed by atoms with Crippen LogP contribution in [-0.2, 0) is 21.1 Å². The van der Waals surface area contributed by atoms with Gasteiger partial charge in [-0.25, -0.2) is 4.98 Å². The van der Waals surface area contributed by atoms with Crippen LogP contribution in [0.25, 0.3) is 0 Å². The molecule has 1 unspecified atom stereocenters. The summed E-state index contributed by atoms with van der Waals surface area (Å²) in [7, 11) is -9.77. The minimum atomic E-state index is -4.94. The molecule has 0 amide bonds. The molecule has 0 bridgehead atoms. The van der Waals surface area contributed by atoms with Crippen molar-refractivity contribution in [3.8, 4) is 11.6 Å². The lowest BCUT2D eigenvalue weighted by molar-refractivity contribution is 0.360. The Morgan fingerprint density at radius 3 is 2.52 bits per heavy atom. The number of pyridine rings is 1. The highest BCUT2D eigenvalue weighted by Gasteiger charge is 2.38. The molecule has 1 atom stereocenters. The number of aryl methyl sites for hydroxylation is 1. The maximum absolute atomic E-state index is 11.2. The van der Waals surface area contributed by atoms with Crippen LogP contribution >= 0.6 is 7.60 Å². The van der Waals surface area contributed by atoms with E-state index in [1.807, 2.05) is 0 Å². The second-order valence-electron chi connectivity index (χ2n) is 5.37. The Morgan fingerprint density at radius 1 is 1.16 bits per heavy atom. The van der Waals surface area contributed by atoms with Gasteiger partial charge in [-0.05, 0) is 43.0 Å². The van der Waals surface area contributed by atoms with Crippen molar-refractivity contribution in [2.75, 3.05) is 0 Å². The van der Waals surface area contributed by atoms with E-state index in [0.717, 1.165) is 5.56 Å². The zero-order valence-electron chi connectivity index (χ0n) is 13.1. The van der Waals surface area contributed by atoms with Gasteiger partial charge < -0.3 is 14.5 Å². The van der Waals surface area contributed by atoms with E-state index in [0.29, 0.717) is 18.1 Å². The summed E-state index contributed by atoms with van der Waals surface area (Å²) >= 11 is 0. The molecule has 0 saturated carbocycles. The molecule has 1 heterocycles. The van der Waals surface area contributed by atoms with Crippen LogP contribution in [0.15, 0.2) is 48.7 Å². The summed E-state index contributed by atoms with van der Waals surface area (Å²) in [6.07, 6.45) is 1.78. The SMILES string of the molecule is O=P(O)(O)C(CCCc1cccc(Oc2ccccn2)c1)S(=O)(=O)O. The fourth-order valence-electron chi connectivity index (χ4n) is 2.26. The van der Waals surface area contributed by atoms with E-state index in [1.165, 1.54) is 0 Å². The van der Waals surface area contributed by atoms with Crippen LogP contribution in [0.2, 0.25) is 0 Å². The average molecular weight is 387 g/mol. The molecule has 3 N–H and O–H groups in total. The highest BCUT2D eigenvalue weighted by Crippen LogP contribution is 2.46. The van der Waals surface area contributed by atoms with Crippen molar-refractivity contribution >= 4 is 17.7 Å². The molecular weight excluding hydrogens is 369 g/mol. The van der Waals surface area contributed by atoms with Gasteiger partial charge in [-0.15, -0.1) is 0 Å². The van der Waals surface area contributed by atoms with Gasteiger partial charge >= 0.3 is 7.60 Å². The van der Waals surface area contributed by atoms with Crippen LogP contribution in [0.3, 0.4) is 0 Å². The standard InChI is InChI=1S/C15H18NO7PS/c17-24(18,19)15(25(20,21)22)9-4-6-12-5-3-7-13(11-12)23-14-8-1-2-10-16-14/h1-3,5,7-8,10-11,15H,4,6,9H2,(H2,17,18,19)(H,20,21,22). The van der Waals surface area contributed by atoms with Crippen molar-refractivity contribution in [2.24, 2.45) is 0 Å². The molecule has 0 aliphatic heterocycles. The highest BCUT2D eigenvalue weighted by atomic mass is 32.2. The Balaban J connectivity index is 1.99. The molecule has 2 aromatic rings. The second-order valence-corrected chi connectivity index (χ2v) is 9.12. The fourth-order valence-corrected chi connectivity index (χ4v) is 4.64. The van der Waals surface area contributed by atoms with Gasteiger partial charge in [-0.2, -0.15) is 8.42 Å². The van der Waals surface area contributed by atoms with E-state index in [1.54, 1.807) is 48.7 Å². The number of hydrogen-bond donors (Lipinski definition) is 3. The second kappa shape index (κ2) is 8.07. The predicted molar refractivity (Wildman–Crippen MR) is 91.1 cm³/mol. The summed E-state index contributed by atoms with van der Waals surface area (Å²) in [4.78, 5) is 20.1. The number of aromatic nitrogens is 1. The Labute approximate surface area is 145 Å². The van der Waals surface area contributed by atoms with Crippen molar-refractivity contribution < 1.29 is 32.1 Å². The summed E-state index contributed by atoms with van der Waals surface area (Å²) in [6.45, 7) is 0. The molecule has 0 aliphatic rings. The molecule has 1 aromatic carbocycles. The third-order valence-electron chi connectivity index (χ3n) is 3.39. The Bertz CT molecular complexity index is 851. The average Bonchev–Trinajstić information content (AvgIpc) is 2.50. The van der Waals surface area contributed by atoms with Gasteiger partial charge in [0.25, 0.3) is 10.1 Å². The Kier molecular flexibility index (Phi) is 6.31. The Morgan fingerprint density at radius 2 is 1.92 bits per heavy atom. The molecule has 8 nitrogen and oxygen atoms in total. The maximum atomic E-state index is 11.2. The van der Waals surface area contributed by atoms with E-state index in [-0.39, 0.29) is 12.8 Å². The molecule has 10 heteroatoms. The van der Waals surface area contributed by atoms with Crippen molar-refractivity contribution in [2.45, 2.75) is 24.3 Å². The van der Waals surface area contributed by atoms with Crippen molar-refractivity contribution in [3.05, 3.63) is 54.2 Å². The first kappa shape index (κ1) is 19.6. The third-order valence-corrected chi connectivity index (χ3v) is 6.95. The lowest BCUT2D eigenvalue weighted by Gasteiger charge is -2.15. The van der Waals surface area contributed by atoms with E-state index >= 15 is 0 Å². The van der Waals surface area contributed by atoms with Gasteiger partial charge in [0, 0.05) is 12.3 Å². The first-order chi connectivity index (χ1) is 11.7. The van der Waals surface area contributed by atoms with E-state index in [4.69, 9.17) is 19.1 Å². The molecule has 0 fully saturated rings. The number of rotatable bonds is 8. The highest BCUT2D eigenvalue weighted by molar-refractivity contribution is 7.93. The molecule has 0 saturated heterocycles. The molecule has 1 aromatic heterocycles. The number of ether oxygens (including phenoxy) is 1. The van der Waals surface area contributed by atoms with Crippen LogP contribution in [0, 0.1) is 0 Å². The number of benzene rings is 1. The molecule has 2 rings (SSSR count). The molecule has 0 radical (unpaired) electrons. The summed E-state index contributed by atoms with van der Waals surface area (Å²) in [5, 5.41) is 0. The normalized spacial score (nSPS) is 13.4. The molecule has 136 valence electrons. The smallest absolute Gasteiger partial charge is 0.346 e. The summed E-state index contributed by atoms with van der Waals surface area (Å²) < 4.78 is 48.0. The van der Waals surface area contributed by atoms with Gasteiger partial charge in [0.2, 0.25) is 5.88 Å². The molecule has 0 aliphatic carbocycles. The van der Waals surface area contributed by atoms with Gasteiger partial charge in [0.1, 0.15) is 5.75 Å². The minimum Gasteiger partial charge on any atom is -0.439 e. The zero-order chi connectivity index (χ0) is 18.5. The number of hydrogen-bond acceptors (Lipinski definition) is 5. The quantitative estimate of drug-likeness (QED) is 0.465. The largest absolute Gasteiger partial charge is 0.439 e. The molecular formula is C15H18NO7PS. The summed E-state index contributed by atoms with van der Waals surface area (Å²) in [5.41, 5.74) is 0.799. The Hall–Kier alpha value is -1.77. The molecule has 25 heavy (non-hydrogen) atoms. The van der Waals surface area contributed by atoms with Gasteiger partial charge in [-0.1, -0.05) is 18.2 Å². The lowest BCUT2D eigenvalue weighted by atomic mass is 10.1. The number of nitrogens with zero attached hydrogens (tertiary/aromatic N) is 1. The third kappa shape index (κ3) is 6.22. The van der Waals surface area contributed by atoms with E-state index < -0.39 is 22.7 Å². The van der Waals surface area contributed by atoms with Gasteiger partial charge in [0.15, 0.2) is 4.99 Å². The van der Waals surface area contributed by atoms with Gasteiger partial charge in [-0.3, -0.25) is 9.12 Å². The van der Waals surface area contributed by atoms with Crippen molar-refractivity contribution in [1.82, 2.24) is 4.98 Å². The fraction of sp³-hybridized carbons (Fsp3) is 0.267. The van der Waals surface area contributed by atoms with Crippen LogP contribution in [0.5, 0.6) is 11.6 Å². The predicted octanol–water partition coefficient (Wildman–Crippen LogP) is 2.59. The minimum absolute atomic E-state index is 0.169. The summed E-state index contributed by atoms with van der Waals surface area (Å²) in [6, 6.07) is 12.2. The lowest BCUT2D eigenvalue weighted by Crippen LogP contribution is -2.20. The van der Waals surface area contributed by atoms with Crippen molar-refractivity contribution in [1.29, 1.82) is 0 Å². The van der Waals surface area contributed by atoms with Crippen LogP contribution in [-0.4, -0.2) is 32.7 Å². The van der Waals surface area contributed by atoms with Gasteiger partial charge in [0.05, 0.1) is 0 Å². The van der Waals surface area contributed by atoms with Crippen LogP contribution in [0.1, 0.15) is 18.4 Å². The van der Waals surface area contributed by atoms with Crippen LogP contribution < -0.4 is 4.74 Å². The first-order valence-corrected chi connectivity index (χ1v) is 10.5. The summed E-state index contributed by atoms with van der Waals surface area (Å²) in [5.74, 6) is 0.963.